The number of carbonyl (C=O) groups excluding carboxylic acids is 1. The van der Waals surface area contributed by atoms with E-state index in [1.807, 2.05) is 32.0 Å². The first-order valence-electron chi connectivity index (χ1n) is 5.35. The Balaban J connectivity index is 2.06. The van der Waals surface area contributed by atoms with Gasteiger partial charge in [0.25, 0.3) is 0 Å². The minimum atomic E-state index is -0.107. The molecule has 0 bridgehead atoms. The molecule has 0 saturated carbocycles. The van der Waals surface area contributed by atoms with Crippen molar-refractivity contribution in [3.8, 4) is 0 Å². The number of nitrogens with one attached hydrogen (secondary N) is 1. The Labute approximate surface area is 99.5 Å². The Kier molecular flexibility index (Phi) is 3.18. The van der Waals surface area contributed by atoms with Gasteiger partial charge in [-0.2, -0.15) is 5.10 Å². The maximum Gasteiger partial charge on any atom is 0.246 e. The van der Waals surface area contributed by atoms with Crippen LogP contribution in [0.2, 0.25) is 0 Å². The molecule has 0 saturated heterocycles. The average molecular weight is 230 g/mol. The summed E-state index contributed by atoms with van der Waals surface area (Å²) in [5.41, 5.74) is 3.08. The lowest BCUT2D eigenvalue weighted by molar-refractivity contribution is -0.116. The van der Waals surface area contributed by atoms with Crippen molar-refractivity contribution >= 4 is 11.6 Å². The molecule has 0 spiro atoms. The summed E-state index contributed by atoms with van der Waals surface area (Å²) in [5.74, 6) is -0.107. The summed E-state index contributed by atoms with van der Waals surface area (Å²) in [6.45, 7) is 4.18. The van der Waals surface area contributed by atoms with Crippen LogP contribution in [0.4, 0.5) is 5.69 Å². The predicted octanol–water partition coefficient (Wildman–Crippen LogP) is 1.53. The fraction of sp³-hybridized carbons (Fsp3) is 0.250. The predicted molar refractivity (Wildman–Crippen MR) is 64.6 cm³/mol. The third-order valence-electron chi connectivity index (χ3n) is 2.65. The van der Waals surface area contributed by atoms with E-state index in [0.29, 0.717) is 0 Å². The molecule has 1 amide bonds. The molecule has 0 aliphatic heterocycles. The minimum Gasteiger partial charge on any atom is -0.324 e. The fourth-order valence-corrected chi connectivity index (χ4v) is 1.54. The van der Waals surface area contributed by atoms with Crippen LogP contribution in [0.25, 0.3) is 0 Å². The molecular formula is C12H14N4O. The number of aromatic nitrogens is 3. The highest BCUT2D eigenvalue weighted by atomic mass is 16.2. The monoisotopic (exact) mass is 230 g/mol. The molecule has 88 valence electrons. The van der Waals surface area contributed by atoms with E-state index in [1.165, 1.54) is 17.3 Å². The van der Waals surface area contributed by atoms with Crippen molar-refractivity contribution in [2.24, 2.45) is 0 Å². The third kappa shape index (κ3) is 2.69. The number of benzene rings is 1. The van der Waals surface area contributed by atoms with Crippen LogP contribution >= 0.6 is 0 Å². The lowest BCUT2D eigenvalue weighted by Crippen LogP contribution is -2.19. The average Bonchev–Trinajstić information content (AvgIpc) is 2.77. The number of hydrogen-bond acceptors (Lipinski definition) is 3. The molecule has 5 heteroatoms. The van der Waals surface area contributed by atoms with Gasteiger partial charge in [0, 0.05) is 5.69 Å². The molecule has 1 aromatic carbocycles. The van der Waals surface area contributed by atoms with Crippen LogP contribution in [0.1, 0.15) is 11.1 Å². The molecule has 0 atom stereocenters. The van der Waals surface area contributed by atoms with Crippen molar-refractivity contribution in [2.45, 2.75) is 20.4 Å². The zero-order valence-corrected chi connectivity index (χ0v) is 9.84. The van der Waals surface area contributed by atoms with Gasteiger partial charge in [-0.05, 0) is 31.0 Å². The van der Waals surface area contributed by atoms with E-state index in [0.717, 1.165) is 16.8 Å². The number of nitrogens with zero attached hydrogens (tertiary/aromatic N) is 3. The molecule has 0 aliphatic carbocycles. The molecular weight excluding hydrogens is 216 g/mol. The summed E-state index contributed by atoms with van der Waals surface area (Å²) in [6, 6.07) is 5.83. The molecule has 0 aliphatic rings. The summed E-state index contributed by atoms with van der Waals surface area (Å²) in [4.78, 5) is 15.5. The van der Waals surface area contributed by atoms with Gasteiger partial charge in [0.1, 0.15) is 19.2 Å². The fourth-order valence-electron chi connectivity index (χ4n) is 1.54. The SMILES string of the molecule is Cc1cccc(NC(=O)Cn2cncn2)c1C. The van der Waals surface area contributed by atoms with E-state index in [4.69, 9.17) is 0 Å². The molecule has 1 N–H and O–H groups in total. The molecule has 5 nitrogen and oxygen atoms in total. The molecule has 1 aromatic heterocycles. The largest absolute Gasteiger partial charge is 0.324 e. The Morgan fingerprint density at radius 1 is 1.41 bits per heavy atom. The van der Waals surface area contributed by atoms with Crippen molar-refractivity contribution in [1.29, 1.82) is 0 Å². The highest BCUT2D eigenvalue weighted by Crippen LogP contribution is 2.17. The first kappa shape index (κ1) is 11.3. The Hall–Kier alpha value is -2.17. The van der Waals surface area contributed by atoms with Crippen molar-refractivity contribution in [1.82, 2.24) is 14.8 Å². The highest BCUT2D eigenvalue weighted by molar-refractivity contribution is 5.91. The Bertz CT molecular complexity index is 519. The zero-order chi connectivity index (χ0) is 12.3. The first-order valence-corrected chi connectivity index (χ1v) is 5.35. The number of amides is 1. The standard InChI is InChI=1S/C12H14N4O/c1-9-4-3-5-11(10(9)2)15-12(17)6-16-8-13-7-14-16/h3-5,7-8H,6H2,1-2H3,(H,15,17). The van der Waals surface area contributed by atoms with Gasteiger partial charge in [0.15, 0.2) is 0 Å². The number of anilines is 1. The van der Waals surface area contributed by atoms with Gasteiger partial charge in [-0.3, -0.25) is 4.79 Å². The quantitative estimate of drug-likeness (QED) is 0.870. The maximum absolute atomic E-state index is 11.7. The van der Waals surface area contributed by atoms with E-state index in [9.17, 15) is 4.79 Å². The van der Waals surface area contributed by atoms with Crippen LogP contribution < -0.4 is 5.32 Å². The summed E-state index contributed by atoms with van der Waals surface area (Å²) < 4.78 is 1.49. The lowest BCUT2D eigenvalue weighted by atomic mass is 10.1. The zero-order valence-electron chi connectivity index (χ0n) is 9.84. The Morgan fingerprint density at radius 3 is 2.94 bits per heavy atom. The van der Waals surface area contributed by atoms with Crippen molar-refractivity contribution in [3.63, 3.8) is 0 Å². The molecule has 0 unspecified atom stereocenters. The molecule has 0 fully saturated rings. The smallest absolute Gasteiger partial charge is 0.246 e. The second kappa shape index (κ2) is 4.78. The summed E-state index contributed by atoms with van der Waals surface area (Å²) in [6.07, 6.45) is 2.92. The molecule has 0 radical (unpaired) electrons. The van der Waals surface area contributed by atoms with Crippen LogP contribution in [0.5, 0.6) is 0 Å². The van der Waals surface area contributed by atoms with Gasteiger partial charge in [0.2, 0.25) is 5.91 Å². The summed E-state index contributed by atoms with van der Waals surface area (Å²) in [7, 11) is 0. The summed E-state index contributed by atoms with van der Waals surface area (Å²) >= 11 is 0. The number of aryl methyl sites for hydroxylation is 1. The number of carbonyl (C=O) groups is 1. The van der Waals surface area contributed by atoms with Crippen molar-refractivity contribution in [2.75, 3.05) is 5.32 Å². The van der Waals surface area contributed by atoms with E-state index in [2.05, 4.69) is 15.4 Å². The Morgan fingerprint density at radius 2 is 2.24 bits per heavy atom. The molecule has 2 rings (SSSR count). The van der Waals surface area contributed by atoms with E-state index < -0.39 is 0 Å². The summed E-state index contributed by atoms with van der Waals surface area (Å²) in [5, 5.41) is 6.74. The second-order valence-corrected chi connectivity index (χ2v) is 3.89. The molecule has 17 heavy (non-hydrogen) atoms. The van der Waals surface area contributed by atoms with Gasteiger partial charge >= 0.3 is 0 Å². The van der Waals surface area contributed by atoms with Gasteiger partial charge < -0.3 is 5.32 Å². The molecule has 2 aromatic rings. The third-order valence-corrected chi connectivity index (χ3v) is 2.65. The number of hydrogen-bond donors (Lipinski definition) is 1. The van der Waals surface area contributed by atoms with Crippen molar-refractivity contribution in [3.05, 3.63) is 42.0 Å². The van der Waals surface area contributed by atoms with Gasteiger partial charge in [-0.1, -0.05) is 12.1 Å². The first-order chi connectivity index (χ1) is 8.16. The maximum atomic E-state index is 11.7. The van der Waals surface area contributed by atoms with E-state index >= 15 is 0 Å². The molecule has 1 heterocycles. The van der Waals surface area contributed by atoms with Crippen LogP contribution in [0.15, 0.2) is 30.9 Å². The number of rotatable bonds is 3. The van der Waals surface area contributed by atoms with Crippen LogP contribution in [0.3, 0.4) is 0 Å². The van der Waals surface area contributed by atoms with Gasteiger partial charge in [0.05, 0.1) is 0 Å². The normalized spacial score (nSPS) is 10.2. The second-order valence-electron chi connectivity index (χ2n) is 3.89. The topological polar surface area (TPSA) is 59.8 Å². The van der Waals surface area contributed by atoms with Crippen LogP contribution in [0, 0.1) is 13.8 Å². The van der Waals surface area contributed by atoms with Gasteiger partial charge in [-0.15, -0.1) is 0 Å². The van der Waals surface area contributed by atoms with Crippen molar-refractivity contribution < 1.29 is 4.79 Å². The van der Waals surface area contributed by atoms with E-state index in [-0.39, 0.29) is 12.5 Å². The van der Waals surface area contributed by atoms with Gasteiger partial charge in [-0.25, -0.2) is 9.67 Å². The lowest BCUT2D eigenvalue weighted by Gasteiger charge is -2.10. The van der Waals surface area contributed by atoms with E-state index in [1.54, 1.807) is 0 Å². The van der Waals surface area contributed by atoms with Crippen LogP contribution in [-0.2, 0) is 11.3 Å². The van der Waals surface area contributed by atoms with Crippen LogP contribution in [-0.4, -0.2) is 20.7 Å². The highest BCUT2D eigenvalue weighted by Gasteiger charge is 2.06. The minimum absolute atomic E-state index is 0.107.